The fraction of sp³-hybridized carbons (Fsp3) is 0.571. The van der Waals surface area contributed by atoms with Gasteiger partial charge in [0.25, 0.3) is 0 Å². The van der Waals surface area contributed by atoms with Gasteiger partial charge in [-0.05, 0) is 43.0 Å². The summed E-state index contributed by atoms with van der Waals surface area (Å²) in [6.45, 7) is 3.43. The second-order valence-corrected chi connectivity index (χ2v) is 5.59. The smallest absolute Gasteiger partial charge is 0.0948 e. The maximum absolute atomic E-state index is 10.4. The number of aliphatic hydroxyl groups excluding tert-OH is 1. The summed E-state index contributed by atoms with van der Waals surface area (Å²) in [7, 11) is 2.13. The number of nitrogens with zero attached hydrogens (tertiary/aromatic N) is 1. The molecule has 86 valence electrons. The second-order valence-electron chi connectivity index (χ2n) is 5.59. The first-order valence-electron chi connectivity index (χ1n) is 6.09. The van der Waals surface area contributed by atoms with Gasteiger partial charge in [-0.25, -0.2) is 0 Å². The van der Waals surface area contributed by atoms with Gasteiger partial charge >= 0.3 is 0 Å². The summed E-state index contributed by atoms with van der Waals surface area (Å²) in [4.78, 5) is 2.31. The highest BCUT2D eigenvalue weighted by atomic mass is 16.3. The molecule has 1 aromatic carbocycles. The average molecular weight is 217 g/mol. The molecule has 2 bridgehead atoms. The largest absolute Gasteiger partial charge is 0.387 e. The molecule has 1 saturated heterocycles. The Labute approximate surface area is 96.9 Å². The van der Waals surface area contributed by atoms with Crippen molar-refractivity contribution in [2.24, 2.45) is 0 Å². The number of likely N-dealkylation sites (tertiary alicyclic amines) is 1. The molecule has 16 heavy (non-hydrogen) atoms. The highest BCUT2D eigenvalue weighted by Gasteiger charge is 2.45. The SMILES string of the molecule is CN1CCC2(C)CC1[C@H](O)c1ccccc12. The number of hydrogen-bond donors (Lipinski definition) is 1. The first-order valence-corrected chi connectivity index (χ1v) is 6.09. The number of piperidine rings is 1. The van der Waals surface area contributed by atoms with Crippen molar-refractivity contribution < 1.29 is 5.11 Å². The summed E-state index contributed by atoms with van der Waals surface area (Å²) in [6, 6.07) is 8.71. The molecule has 1 aliphatic heterocycles. The molecule has 2 nitrogen and oxygen atoms in total. The maximum Gasteiger partial charge on any atom is 0.0948 e. The van der Waals surface area contributed by atoms with Crippen molar-refractivity contribution in [2.75, 3.05) is 13.6 Å². The van der Waals surface area contributed by atoms with Crippen molar-refractivity contribution in [3.05, 3.63) is 35.4 Å². The Balaban J connectivity index is 2.16. The van der Waals surface area contributed by atoms with E-state index in [9.17, 15) is 5.11 Å². The topological polar surface area (TPSA) is 23.5 Å². The van der Waals surface area contributed by atoms with E-state index in [2.05, 4.69) is 37.1 Å². The van der Waals surface area contributed by atoms with E-state index in [1.54, 1.807) is 0 Å². The van der Waals surface area contributed by atoms with E-state index in [4.69, 9.17) is 0 Å². The molecule has 2 heteroatoms. The Morgan fingerprint density at radius 3 is 2.94 bits per heavy atom. The number of benzene rings is 1. The van der Waals surface area contributed by atoms with Crippen LogP contribution in [0, 0.1) is 0 Å². The molecule has 0 amide bonds. The normalized spacial score (nSPS) is 38.2. The van der Waals surface area contributed by atoms with Gasteiger partial charge in [0.2, 0.25) is 0 Å². The number of likely N-dealkylation sites (N-methyl/N-ethyl adjacent to an activating group) is 1. The van der Waals surface area contributed by atoms with E-state index < -0.39 is 0 Å². The van der Waals surface area contributed by atoms with Crippen molar-refractivity contribution >= 4 is 0 Å². The van der Waals surface area contributed by atoms with Gasteiger partial charge in [-0.15, -0.1) is 0 Å². The monoisotopic (exact) mass is 217 g/mol. The zero-order valence-electron chi connectivity index (χ0n) is 9.98. The standard InChI is InChI=1S/C14H19NO/c1-14-7-8-15(2)12(9-14)13(16)10-5-3-4-6-11(10)14/h3-6,12-13,16H,7-9H2,1-2H3/t12?,13-,14?/m1/s1. The molecule has 0 spiro atoms. The lowest BCUT2D eigenvalue weighted by molar-refractivity contribution is 0.000444. The summed E-state index contributed by atoms with van der Waals surface area (Å²) < 4.78 is 0. The van der Waals surface area contributed by atoms with Crippen LogP contribution in [0.2, 0.25) is 0 Å². The third-order valence-electron chi connectivity index (χ3n) is 4.54. The minimum Gasteiger partial charge on any atom is -0.387 e. The van der Waals surface area contributed by atoms with Gasteiger partial charge in [0, 0.05) is 6.04 Å². The van der Waals surface area contributed by atoms with Gasteiger partial charge in [-0.2, -0.15) is 0 Å². The highest BCUT2D eigenvalue weighted by molar-refractivity contribution is 5.40. The summed E-state index contributed by atoms with van der Waals surface area (Å²) in [6.07, 6.45) is 1.97. The van der Waals surface area contributed by atoms with Crippen LogP contribution in [0.1, 0.15) is 37.0 Å². The van der Waals surface area contributed by atoms with Gasteiger partial charge in [0.1, 0.15) is 0 Å². The highest BCUT2D eigenvalue weighted by Crippen LogP contribution is 2.47. The average Bonchev–Trinajstić information content (AvgIpc) is 2.31. The molecular formula is C14H19NO. The van der Waals surface area contributed by atoms with Gasteiger partial charge in [-0.1, -0.05) is 31.2 Å². The number of hydrogen-bond acceptors (Lipinski definition) is 2. The van der Waals surface area contributed by atoms with Crippen LogP contribution in [-0.4, -0.2) is 29.6 Å². The molecular weight excluding hydrogens is 198 g/mol. The zero-order chi connectivity index (χ0) is 11.3. The molecule has 1 aromatic rings. The van der Waals surface area contributed by atoms with Crippen molar-refractivity contribution in [3.63, 3.8) is 0 Å². The van der Waals surface area contributed by atoms with Crippen molar-refractivity contribution in [1.29, 1.82) is 0 Å². The van der Waals surface area contributed by atoms with E-state index in [0.29, 0.717) is 6.04 Å². The van der Waals surface area contributed by atoms with E-state index >= 15 is 0 Å². The molecule has 1 aliphatic carbocycles. The van der Waals surface area contributed by atoms with Crippen LogP contribution in [0.4, 0.5) is 0 Å². The third-order valence-corrected chi connectivity index (χ3v) is 4.54. The van der Waals surface area contributed by atoms with Crippen LogP contribution in [-0.2, 0) is 5.41 Å². The Bertz CT molecular complexity index is 417. The number of fused-ring (bicyclic) bond motifs is 4. The zero-order valence-corrected chi connectivity index (χ0v) is 9.98. The first-order chi connectivity index (χ1) is 7.62. The Morgan fingerprint density at radius 2 is 2.12 bits per heavy atom. The van der Waals surface area contributed by atoms with Crippen LogP contribution in [0.5, 0.6) is 0 Å². The molecule has 0 aromatic heterocycles. The Hall–Kier alpha value is -0.860. The molecule has 1 fully saturated rings. The first kappa shape index (κ1) is 10.3. The lowest BCUT2D eigenvalue weighted by atomic mass is 9.64. The van der Waals surface area contributed by atoms with Gasteiger partial charge in [-0.3, -0.25) is 0 Å². The van der Waals surface area contributed by atoms with Crippen LogP contribution in [0.25, 0.3) is 0 Å². The lowest BCUT2D eigenvalue weighted by Gasteiger charge is -2.50. The number of aliphatic hydroxyl groups is 1. The van der Waals surface area contributed by atoms with Crippen molar-refractivity contribution in [2.45, 2.75) is 37.3 Å². The Kier molecular flexibility index (Phi) is 2.13. The molecule has 2 aliphatic rings. The van der Waals surface area contributed by atoms with Crippen LogP contribution < -0.4 is 0 Å². The quantitative estimate of drug-likeness (QED) is 0.719. The van der Waals surface area contributed by atoms with Crippen LogP contribution in [0.15, 0.2) is 24.3 Å². The summed E-state index contributed by atoms with van der Waals surface area (Å²) in [5.74, 6) is 0. The maximum atomic E-state index is 10.4. The van der Waals surface area contributed by atoms with Crippen molar-refractivity contribution in [3.8, 4) is 0 Å². The lowest BCUT2D eigenvalue weighted by Crippen LogP contribution is -2.52. The molecule has 1 N–H and O–H groups in total. The predicted molar refractivity (Wildman–Crippen MR) is 64.4 cm³/mol. The number of rotatable bonds is 0. The van der Waals surface area contributed by atoms with E-state index in [0.717, 1.165) is 18.5 Å². The molecule has 3 atom stereocenters. The van der Waals surface area contributed by atoms with Crippen LogP contribution in [0.3, 0.4) is 0 Å². The molecule has 0 saturated carbocycles. The van der Waals surface area contributed by atoms with E-state index in [1.807, 2.05) is 6.07 Å². The second kappa shape index (κ2) is 3.31. The fourth-order valence-electron chi connectivity index (χ4n) is 3.42. The van der Waals surface area contributed by atoms with Gasteiger partial charge in [0.05, 0.1) is 6.10 Å². The van der Waals surface area contributed by atoms with E-state index in [1.165, 1.54) is 12.0 Å². The van der Waals surface area contributed by atoms with E-state index in [-0.39, 0.29) is 11.5 Å². The third kappa shape index (κ3) is 1.26. The van der Waals surface area contributed by atoms with Crippen molar-refractivity contribution in [1.82, 2.24) is 4.90 Å². The van der Waals surface area contributed by atoms with Gasteiger partial charge < -0.3 is 10.0 Å². The van der Waals surface area contributed by atoms with Crippen LogP contribution >= 0.6 is 0 Å². The van der Waals surface area contributed by atoms with Gasteiger partial charge in [0.15, 0.2) is 0 Å². The molecule has 2 unspecified atom stereocenters. The summed E-state index contributed by atoms with van der Waals surface area (Å²) >= 11 is 0. The summed E-state index contributed by atoms with van der Waals surface area (Å²) in [5.41, 5.74) is 2.78. The molecule has 1 heterocycles. The molecule has 3 rings (SSSR count). The Morgan fingerprint density at radius 1 is 1.38 bits per heavy atom. The minimum atomic E-state index is -0.311. The fourth-order valence-corrected chi connectivity index (χ4v) is 3.42. The minimum absolute atomic E-state index is 0.271. The molecule has 0 radical (unpaired) electrons. The summed E-state index contributed by atoms with van der Waals surface area (Å²) in [5, 5.41) is 10.4. The predicted octanol–water partition coefficient (Wildman–Crippen LogP) is 2.09.